The Balaban J connectivity index is 1.70. The standard InChI is InChI=1S/C38H42N2O3Si/c1-9-40-33-21-35-32(20-31(33)24(3)22-38(40,4)5)36(29-16-10-25(37(42)43)18-23(29)2)30-17-13-27(19-34(30)44(35,7)8)39(6)26-11-14-28(41)15-12-26/h10-21,24H,9,22H2,1-8H3,(H-,41,42,43)/p+1. The molecular weight excluding hydrogens is 561 g/mol. The molecule has 0 fully saturated rings. The minimum atomic E-state index is -2.22. The van der Waals surface area contributed by atoms with Crippen molar-refractivity contribution in [3.63, 3.8) is 0 Å². The average Bonchev–Trinajstić information content (AvgIpc) is 2.97. The number of carboxylic acid groups (broad SMARTS) is 1. The van der Waals surface area contributed by atoms with Crippen molar-refractivity contribution in [3.05, 3.63) is 111 Å². The zero-order chi connectivity index (χ0) is 31.7. The fraction of sp³-hybridized carbons (Fsp3) is 0.316. The van der Waals surface area contributed by atoms with Gasteiger partial charge in [0.1, 0.15) is 20.4 Å². The summed E-state index contributed by atoms with van der Waals surface area (Å²) in [7, 11) is -0.151. The van der Waals surface area contributed by atoms with Gasteiger partial charge in [-0.25, -0.2) is 9.37 Å². The van der Waals surface area contributed by atoms with E-state index in [4.69, 9.17) is 0 Å². The van der Waals surface area contributed by atoms with E-state index in [0.29, 0.717) is 11.5 Å². The highest BCUT2D eigenvalue weighted by atomic mass is 28.3. The molecule has 6 heteroatoms. The van der Waals surface area contributed by atoms with Gasteiger partial charge >= 0.3 is 5.97 Å². The molecule has 4 aromatic carbocycles. The number of aryl methyl sites for hydroxylation is 1. The van der Waals surface area contributed by atoms with Crippen LogP contribution in [0.15, 0.2) is 72.8 Å². The van der Waals surface area contributed by atoms with Crippen LogP contribution in [0.3, 0.4) is 0 Å². The minimum Gasteiger partial charge on any atom is -0.508 e. The Morgan fingerprint density at radius 3 is 2.25 bits per heavy atom. The van der Waals surface area contributed by atoms with Crippen molar-refractivity contribution < 1.29 is 15.0 Å². The molecule has 0 aliphatic carbocycles. The molecule has 0 bridgehead atoms. The molecular formula is C38H43N2O3Si+. The van der Waals surface area contributed by atoms with Crippen molar-refractivity contribution in [3.8, 4) is 5.75 Å². The molecule has 5 nitrogen and oxygen atoms in total. The van der Waals surface area contributed by atoms with Gasteiger partial charge in [0.2, 0.25) is 5.36 Å². The molecule has 4 aromatic rings. The van der Waals surface area contributed by atoms with Crippen LogP contribution in [0.25, 0.3) is 5.57 Å². The van der Waals surface area contributed by atoms with Crippen molar-refractivity contribution in [2.75, 3.05) is 18.5 Å². The molecule has 226 valence electrons. The van der Waals surface area contributed by atoms with E-state index in [9.17, 15) is 15.0 Å². The lowest BCUT2D eigenvalue weighted by Crippen LogP contribution is -2.65. The minimum absolute atomic E-state index is 0.0729. The van der Waals surface area contributed by atoms with E-state index in [0.717, 1.165) is 35.5 Å². The van der Waals surface area contributed by atoms with Crippen LogP contribution in [0.2, 0.25) is 13.1 Å². The van der Waals surface area contributed by atoms with Crippen molar-refractivity contribution >= 4 is 41.4 Å². The van der Waals surface area contributed by atoms with Gasteiger partial charge in [-0.1, -0.05) is 32.2 Å². The number of nitrogens with zero attached hydrogens (tertiary/aromatic N) is 2. The molecule has 6 rings (SSSR count). The van der Waals surface area contributed by atoms with Crippen molar-refractivity contribution in [1.82, 2.24) is 4.58 Å². The summed E-state index contributed by atoms with van der Waals surface area (Å²) in [5.41, 5.74) is 8.36. The van der Waals surface area contributed by atoms with E-state index in [-0.39, 0.29) is 11.3 Å². The Hall–Kier alpha value is -4.16. The Morgan fingerprint density at radius 2 is 1.61 bits per heavy atom. The maximum atomic E-state index is 11.8. The first-order valence-electron chi connectivity index (χ1n) is 15.6. The van der Waals surface area contributed by atoms with Gasteiger partial charge in [0.05, 0.1) is 5.56 Å². The van der Waals surface area contributed by atoms with Gasteiger partial charge in [-0.15, -0.1) is 0 Å². The van der Waals surface area contributed by atoms with E-state index in [2.05, 4.69) is 87.6 Å². The Labute approximate surface area is 261 Å². The number of aromatic hydroxyl groups is 1. The first kappa shape index (κ1) is 29.9. The van der Waals surface area contributed by atoms with Crippen LogP contribution < -0.4 is 30.4 Å². The number of hydrogen-bond acceptors (Lipinski definition) is 3. The third-order valence-corrected chi connectivity index (χ3v) is 13.6. The SMILES string of the molecule is CC[N+]1=c2cc3c(cc2C(C)CC1(C)C)=C(c1ccc(C(=O)O)cc1C)c1ccc(N(C)c2ccc(O)cc2)cc1[Si]3(C)C. The number of aromatic carboxylic acids is 1. The van der Waals surface area contributed by atoms with Crippen molar-refractivity contribution in [2.45, 2.75) is 65.6 Å². The number of rotatable bonds is 5. The summed E-state index contributed by atoms with van der Waals surface area (Å²) in [5, 5.41) is 25.0. The second-order valence-corrected chi connectivity index (χ2v) is 18.1. The maximum absolute atomic E-state index is 11.8. The largest absolute Gasteiger partial charge is 0.508 e. The fourth-order valence-electron chi connectivity index (χ4n) is 7.81. The highest BCUT2D eigenvalue weighted by Gasteiger charge is 2.41. The highest BCUT2D eigenvalue weighted by Crippen LogP contribution is 2.33. The van der Waals surface area contributed by atoms with Gasteiger partial charge < -0.3 is 15.1 Å². The quantitative estimate of drug-likeness (QED) is 0.239. The van der Waals surface area contributed by atoms with Gasteiger partial charge in [-0.05, 0) is 126 Å². The Kier molecular flexibility index (Phi) is 7.12. The van der Waals surface area contributed by atoms with E-state index in [1.54, 1.807) is 24.3 Å². The molecule has 2 aliphatic rings. The zero-order valence-electron chi connectivity index (χ0n) is 27.1. The van der Waals surface area contributed by atoms with Crippen LogP contribution in [-0.2, 0) is 0 Å². The normalized spacial score (nSPS) is 17.9. The average molecular weight is 604 g/mol. The second-order valence-electron chi connectivity index (χ2n) is 13.8. The van der Waals surface area contributed by atoms with Gasteiger partial charge in [0, 0.05) is 36.5 Å². The number of carbonyl (C=O) groups is 1. The summed E-state index contributed by atoms with van der Waals surface area (Å²) >= 11 is 0. The predicted molar refractivity (Wildman–Crippen MR) is 184 cm³/mol. The first-order valence-corrected chi connectivity index (χ1v) is 18.6. The molecule has 0 saturated carbocycles. The smallest absolute Gasteiger partial charge is 0.335 e. The molecule has 0 aromatic heterocycles. The number of carboxylic acids is 1. The highest BCUT2D eigenvalue weighted by molar-refractivity contribution is 7.01. The van der Waals surface area contributed by atoms with Gasteiger partial charge in [0.25, 0.3) is 0 Å². The van der Waals surface area contributed by atoms with Crippen molar-refractivity contribution in [1.29, 1.82) is 0 Å². The molecule has 1 unspecified atom stereocenters. The second kappa shape index (κ2) is 10.5. The van der Waals surface area contributed by atoms with E-state index >= 15 is 0 Å². The third-order valence-electron chi connectivity index (χ3n) is 10.1. The predicted octanol–water partition coefficient (Wildman–Crippen LogP) is 5.35. The lowest BCUT2D eigenvalue weighted by atomic mass is 9.82. The number of phenolic OH excluding ortho intramolecular Hbond substituents is 1. The number of hydrogen-bond donors (Lipinski definition) is 2. The summed E-state index contributed by atoms with van der Waals surface area (Å²) in [4.78, 5) is 14.0. The van der Waals surface area contributed by atoms with E-state index in [1.807, 2.05) is 25.1 Å². The van der Waals surface area contributed by atoms with Crippen LogP contribution in [0, 0.1) is 6.92 Å². The summed E-state index contributed by atoms with van der Waals surface area (Å²) in [6.07, 6.45) is 1.10. The Bertz CT molecular complexity index is 1960. The first-order chi connectivity index (χ1) is 20.7. The topological polar surface area (TPSA) is 63.8 Å². The molecule has 0 spiro atoms. The number of phenols is 1. The molecule has 2 aliphatic heterocycles. The number of benzene rings is 4. The molecule has 1 atom stereocenters. The van der Waals surface area contributed by atoms with Crippen LogP contribution >= 0.6 is 0 Å². The van der Waals surface area contributed by atoms with Gasteiger partial charge in [-0.2, -0.15) is 0 Å². The molecule has 0 saturated heterocycles. The summed E-state index contributed by atoms with van der Waals surface area (Å²) in [6.45, 7) is 17.3. The lowest BCUT2D eigenvalue weighted by Gasteiger charge is -2.36. The van der Waals surface area contributed by atoms with Crippen LogP contribution in [0.1, 0.15) is 72.6 Å². The molecule has 0 amide bonds. The monoisotopic (exact) mass is 603 g/mol. The van der Waals surface area contributed by atoms with Gasteiger partial charge in [0.15, 0.2) is 5.54 Å². The van der Waals surface area contributed by atoms with E-state index < -0.39 is 14.0 Å². The summed E-state index contributed by atoms with van der Waals surface area (Å²) < 4.78 is 2.59. The van der Waals surface area contributed by atoms with Crippen LogP contribution in [-0.4, -0.2) is 43.4 Å². The number of anilines is 2. The summed E-state index contributed by atoms with van der Waals surface area (Å²) in [5.74, 6) is -0.227. The Morgan fingerprint density at radius 1 is 0.955 bits per heavy atom. The molecule has 0 radical (unpaired) electrons. The summed E-state index contributed by atoms with van der Waals surface area (Å²) in [6, 6.07) is 24.7. The van der Waals surface area contributed by atoms with Crippen molar-refractivity contribution in [2.24, 2.45) is 0 Å². The lowest BCUT2D eigenvalue weighted by molar-refractivity contribution is 0.0696. The zero-order valence-corrected chi connectivity index (χ0v) is 28.1. The van der Waals surface area contributed by atoms with E-state index in [1.165, 1.54) is 37.6 Å². The van der Waals surface area contributed by atoms with Gasteiger partial charge in [-0.3, -0.25) is 0 Å². The molecule has 2 heterocycles. The number of fused-ring (bicyclic) bond motifs is 3. The van der Waals surface area contributed by atoms with Crippen LogP contribution in [0.5, 0.6) is 5.75 Å². The molecule has 2 N–H and O–H groups in total. The van der Waals surface area contributed by atoms with Crippen LogP contribution in [0.4, 0.5) is 11.4 Å². The fourth-order valence-corrected chi connectivity index (χ4v) is 10.9. The third kappa shape index (κ3) is 4.67. The maximum Gasteiger partial charge on any atom is 0.335 e. The molecule has 44 heavy (non-hydrogen) atoms.